The van der Waals surface area contributed by atoms with E-state index >= 15 is 0 Å². The fourth-order valence-electron chi connectivity index (χ4n) is 1.50. The van der Waals surface area contributed by atoms with E-state index < -0.39 is 0 Å². The Balaban J connectivity index is 2.18. The van der Waals surface area contributed by atoms with Crippen molar-refractivity contribution in [1.29, 1.82) is 0 Å². The number of piperazine rings is 1. The third-order valence-corrected chi connectivity index (χ3v) is 2.16. The quantitative estimate of drug-likeness (QED) is 0.660. The summed E-state index contributed by atoms with van der Waals surface area (Å²) in [6.45, 7) is 2.54. The predicted octanol–water partition coefficient (Wildman–Crippen LogP) is 0.455. The number of nitrogens with zero attached hydrogens (tertiary/aromatic N) is 1. The SMILES string of the molecule is Fc1cccnc1C1CNCCN1. The maximum absolute atomic E-state index is 13.2. The summed E-state index contributed by atoms with van der Waals surface area (Å²) in [4.78, 5) is 4.02. The average Bonchev–Trinajstić information content (AvgIpc) is 2.20. The van der Waals surface area contributed by atoms with E-state index in [-0.39, 0.29) is 11.9 Å². The van der Waals surface area contributed by atoms with E-state index in [2.05, 4.69) is 15.6 Å². The molecule has 70 valence electrons. The van der Waals surface area contributed by atoms with Gasteiger partial charge in [0.1, 0.15) is 5.82 Å². The highest BCUT2D eigenvalue weighted by atomic mass is 19.1. The van der Waals surface area contributed by atoms with Crippen LogP contribution in [0.5, 0.6) is 0 Å². The molecule has 1 aromatic rings. The van der Waals surface area contributed by atoms with Crippen LogP contribution in [0, 0.1) is 5.82 Å². The van der Waals surface area contributed by atoms with Gasteiger partial charge < -0.3 is 10.6 Å². The van der Waals surface area contributed by atoms with Crippen molar-refractivity contribution in [2.24, 2.45) is 0 Å². The van der Waals surface area contributed by atoms with Crippen LogP contribution in [0.25, 0.3) is 0 Å². The van der Waals surface area contributed by atoms with Crippen LogP contribution in [-0.2, 0) is 0 Å². The standard InChI is InChI=1S/C9H12FN3/c10-7-2-1-3-13-9(7)8-6-11-4-5-12-8/h1-3,8,11-12H,4-6H2. The summed E-state index contributed by atoms with van der Waals surface area (Å²) in [5, 5.41) is 6.40. The number of aromatic nitrogens is 1. The molecule has 1 aliphatic heterocycles. The van der Waals surface area contributed by atoms with E-state index in [0.717, 1.165) is 19.6 Å². The van der Waals surface area contributed by atoms with E-state index in [9.17, 15) is 4.39 Å². The molecule has 0 aromatic carbocycles. The number of rotatable bonds is 1. The van der Waals surface area contributed by atoms with Gasteiger partial charge in [-0.1, -0.05) is 0 Å². The molecular weight excluding hydrogens is 169 g/mol. The molecule has 2 rings (SSSR count). The molecular formula is C9H12FN3. The number of hydrogen-bond acceptors (Lipinski definition) is 3. The molecule has 1 aliphatic rings. The summed E-state index contributed by atoms with van der Waals surface area (Å²) in [5.41, 5.74) is 0.509. The highest BCUT2D eigenvalue weighted by Gasteiger charge is 2.18. The monoisotopic (exact) mass is 181 g/mol. The van der Waals surface area contributed by atoms with Gasteiger partial charge in [-0.15, -0.1) is 0 Å². The summed E-state index contributed by atoms with van der Waals surface area (Å²) in [6, 6.07) is 3.06. The molecule has 0 saturated carbocycles. The highest BCUT2D eigenvalue weighted by Crippen LogP contribution is 2.13. The van der Waals surface area contributed by atoms with Gasteiger partial charge in [0, 0.05) is 25.8 Å². The smallest absolute Gasteiger partial charge is 0.146 e. The lowest BCUT2D eigenvalue weighted by molar-refractivity contribution is 0.408. The Labute approximate surface area is 76.4 Å². The van der Waals surface area contributed by atoms with Crippen molar-refractivity contribution < 1.29 is 4.39 Å². The van der Waals surface area contributed by atoms with Crippen LogP contribution in [-0.4, -0.2) is 24.6 Å². The van der Waals surface area contributed by atoms with Gasteiger partial charge in [0.2, 0.25) is 0 Å². The first-order valence-electron chi connectivity index (χ1n) is 4.42. The minimum absolute atomic E-state index is 0.00921. The summed E-state index contributed by atoms with van der Waals surface area (Å²) in [6.07, 6.45) is 1.62. The lowest BCUT2D eigenvalue weighted by Crippen LogP contribution is -2.43. The minimum Gasteiger partial charge on any atom is -0.314 e. The number of halogens is 1. The third kappa shape index (κ3) is 1.84. The van der Waals surface area contributed by atoms with Gasteiger partial charge in [0.25, 0.3) is 0 Å². The first-order valence-corrected chi connectivity index (χ1v) is 4.42. The molecule has 1 unspecified atom stereocenters. The molecule has 1 saturated heterocycles. The van der Waals surface area contributed by atoms with Gasteiger partial charge in [-0.3, -0.25) is 4.98 Å². The zero-order valence-corrected chi connectivity index (χ0v) is 7.26. The van der Waals surface area contributed by atoms with Crippen LogP contribution in [0.1, 0.15) is 11.7 Å². The van der Waals surface area contributed by atoms with Crippen LogP contribution in [0.3, 0.4) is 0 Å². The first-order chi connectivity index (χ1) is 6.38. The lowest BCUT2D eigenvalue weighted by atomic mass is 10.1. The Bertz CT molecular complexity index is 284. The Hall–Kier alpha value is -1.00. The normalized spacial score (nSPS) is 23.0. The van der Waals surface area contributed by atoms with Gasteiger partial charge >= 0.3 is 0 Å². The largest absolute Gasteiger partial charge is 0.314 e. The summed E-state index contributed by atoms with van der Waals surface area (Å²) >= 11 is 0. The van der Waals surface area contributed by atoms with Crippen LogP contribution < -0.4 is 10.6 Å². The Morgan fingerprint density at radius 1 is 1.46 bits per heavy atom. The van der Waals surface area contributed by atoms with Crippen molar-refractivity contribution in [2.45, 2.75) is 6.04 Å². The Kier molecular flexibility index (Phi) is 2.52. The van der Waals surface area contributed by atoms with Gasteiger partial charge in [-0.2, -0.15) is 0 Å². The second kappa shape index (κ2) is 3.81. The molecule has 2 heterocycles. The first kappa shape index (κ1) is 8.59. The topological polar surface area (TPSA) is 37.0 Å². The Morgan fingerprint density at radius 2 is 2.38 bits per heavy atom. The van der Waals surface area contributed by atoms with Crippen LogP contribution >= 0.6 is 0 Å². The lowest BCUT2D eigenvalue weighted by Gasteiger charge is -2.24. The van der Waals surface area contributed by atoms with Crippen LogP contribution in [0.4, 0.5) is 4.39 Å². The molecule has 0 radical (unpaired) electrons. The summed E-state index contributed by atoms with van der Waals surface area (Å²) in [7, 11) is 0. The number of pyridine rings is 1. The molecule has 1 aromatic heterocycles. The van der Waals surface area contributed by atoms with Gasteiger partial charge in [0.15, 0.2) is 0 Å². The molecule has 0 bridgehead atoms. The maximum Gasteiger partial charge on any atom is 0.146 e. The molecule has 2 N–H and O–H groups in total. The van der Waals surface area contributed by atoms with E-state index in [0.29, 0.717) is 5.69 Å². The molecule has 1 fully saturated rings. The maximum atomic E-state index is 13.2. The summed E-state index contributed by atoms with van der Waals surface area (Å²) in [5.74, 6) is -0.233. The molecule has 0 aliphatic carbocycles. The van der Waals surface area contributed by atoms with Crippen LogP contribution in [0.2, 0.25) is 0 Å². The van der Waals surface area contributed by atoms with Crippen molar-refractivity contribution >= 4 is 0 Å². The van der Waals surface area contributed by atoms with E-state index in [1.807, 2.05) is 0 Å². The second-order valence-corrected chi connectivity index (χ2v) is 3.08. The van der Waals surface area contributed by atoms with Crippen molar-refractivity contribution in [2.75, 3.05) is 19.6 Å². The second-order valence-electron chi connectivity index (χ2n) is 3.08. The molecule has 1 atom stereocenters. The van der Waals surface area contributed by atoms with Crippen LogP contribution in [0.15, 0.2) is 18.3 Å². The zero-order valence-electron chi connectivity index (χ0n) is 7.26. The molecule has 4 heteroatoms. The van der Waals surface area contributed by atoms with Gasteiger partial charge in [-0.05, 0) is 12.1 Å². The van der Waals surface area contributed by atoms with Crippen molar-refractivity contribution in [3.05, 3.63) is 29.8 Å². The fourth-order valence-corrected chi connectivity index (χ4v) is 1.50. The molecule has 0 amide bonds. The predicted molar refractivity (Wildman–Crippen MR) is 47.8 cm³/mol. The third-order valence-electron chi connectivity index (χ3n) is 2.16. The minimum atomic E-state index is -0.233. The van der Waals surface area contributed by atoms with E-state index in [1.54, 1.807) is 12.3 Å². The average molecular weight is 181 g/mol. The Morgan fingerprint density at radius 3 is 3.08 bits per heavy atom. The molecule has 13 heavy (non-hydrogen) atoms. The molecule has 0 spiro atoms. The fraction of sp³-hybridized carbons (Fsp3) is 0.444. The zero-order chi connectivity index (χ0) is 9.10. The van der Waals surface area contributed by atoms with Gasteiger partial charge in [-0.25, -0.2) is 4.39 Å². The van der Waals surface area contributed by atoms with E-state index in [1.165, 1.54) is 6.07 Å². The summed E-state index contributed by atoms with van der Waals surface area (Å²) < 4.78 is 13.2. The number of nitrogens with one attached hydrogen (secondary N) is 2. The number of hydrogen-bond donors (Lipinski definition) is 2. The highest BCUT2D eigenvalue weighted by molar-refractivity contribution is 5.12. The van der Waals surface area contributed by atoms with Gasteiger partial charge in [0.05, 0.1) is 11.7 Å². The van der Waals surface area contributed by atoms with E-state index in [4.69, 9.17) is 0 Å². The van der Waals surface area contributed by atoms with Crippen molar-refractivity contribution in [1.82, 2.24) is 15.6 Å². The van der Waals surface area contributed by atoms with Crippen molar-refractivity contribution in [3.63, 3.8) is 0 Å². The van der Waals surface area contributed by atoms with Crippen molar-refractivity contribution in [3.8, 4) is 0 Å². The molecule has 3 nitrogen and oxygen atoms in total.